The predicted molar refractivity (Wildman–Crippen MR) is 114 cm³/mol. The van der Waals surface area contributed by atoms with Gasteiger partial charge in [0.2, 0.25) is 0 Å². The van der Waals surface area contributed by atoms with Crippen molar-refractivity contribution in [3.05, 3.63) is 63.9 Å². The molecule has 1 fully saturated rings. The van der Waals surface area contributed by atoms with Gasteiger partial charge in [0, 0.05) is 43.3 Å². The van der Waals surface area contributed by atoms with E-state index in [1.165, 1.54) is 35.0 Å². The van der Waals surface area contributed by atoms with Crippen LogP contribution in [-0.4, -0.2) is 44.2 Å². The van der Waals surface area contributed by atoms with Gasteiger partial charge in [-0.25, -0.2) is 9.18 Å². The standard InChI is InChI=1S/C20H20BrF4N3O.ClH/c1-27(16-8-13(20(23,24)25)7-14(21)9-16)19(29)28(2)18-11-26-10-17(18)12-3-5-15(22)6-4-12;/h3-9,17-18,26H,10-11H2,1-2H3;1H/t17-,18+;/m0./s1. The molecule has 10 heteroatoms. The summed E-state index contributed by atoms with van der Waals surface area (Å²) in [4.78, 5) is 15.7. The number of carbonyl (C=O) groups is 1. The topological polar surface area (TPSA) is 35.6 Å². The van der Waals surface area contributed by atoms with Crippen molar-refractivity contribution >= 4 is 40.1 Å². The van der Waals surface area contributed by atoms with Gasteiger partial charge in [-0.3, -0.25) is 4.90 Å². The number of alkyl halides is 3. The lowest BCUT2D eigenvalue weighted by molar-refractivity contribution is -0.137. The van der Waals surface area contributed by atoms with E-state index in [-0.39, 0.29) is 40.3 Å². The van der Waals surface area contributed by atoms with Gasteiger partial charge in [0.1, 0.15) is 5.82 Å². The van der Waals surface area contributed by atoms with Crippen molar-refractivity contribution in [2.24, 2.45) is 0 Å². The van der Waals surface area contributed by atoms with Crippen molar-refractivity contribution in [3.63, 3.8) is 0 Å². The van der Waals surface area contributed by atoms with Crippen LogP contribution in [0.3, 0.4) is 0 Å². The number of benzene rings is 2. The molecule has 1 N–H and O–H groups in total. The van der Waals surface area contributed by atoms with Crippen LogP contribution in [-0.2, 0) is 6.18 Å². The van der Waals surface area contributed by atoms with Crippen molar-refractivity contribution in [1.29, 1.82) is 0 Å². The SMILES string of the molecule is CN(C(=O)N(C)[C@@H]1CNC[C@H]1c1ccc(F)cc1)c1cc(Br)cc(C(F)(F)F)c1.Cl. The summed E-state index contributed by atoms with van der Waals surface area (Å²) < 4.78 is 52.8. The quantitative estimate of drug-likeness (QED) is 0.571. The number of anilines is 1. The molecule has 1 saturated heterocycles. The Kier molecular flexibility index (Phi) is 7.76. The second-order valence-corrected chi connectivity index (χ2v) is 7.95. The number of halogens is 6. The lowest BCUT2D eigenvalue weighted by Crippen LogP contribution is -2.47. The fourth-order valence-electron chi connectivity index (χ4n) is 3.54. The fourth-order valence-corrected chi connectivity index (χ4v) is 4.02. The average Bonchev–Trinajstić information content (AvgIpc) is 3.15. The third-order valence-electron chi connectivity index (χ3n) is 5.16. The summed E-state index contributed by atoms with van der Waals surface area (Å²) in [6.45, 7) is 1.15. The molecule has 0 bridgehead atoms. The molecule has 164 valence electrons. The Morgan fingerprint density at radius 2 is 1.73 bits per heavy atom. The first-order chi connectivity index (χ1) is 13.6. The Labute approximate surface area is 186 Å². The van der Waals surface area contributed by atoms with Crippen LogP contribution in [0.4, 0.5) is 28.0 Å². The van der Waals surface area contributed by atoms with Crippen molar-refractivity contribution < 1.29 is 22.4 Å². The summed E-state index contributed by atoms with van der Waals surface area (Å²) in [5.74, 6) is -0.387. The van der Waals surface area contributed by atoms with Crippen molar-refractivity contribution in [2.75, 3.05) is 32.1 Å². The number of rotatable bonds is 3. The van der Waals surface area contributed by atoms with Gasteiger partial charge in [-0.2, -0.15) is 13.2 Å². The number of hydrogen-bond donors (Lipinski definition) is 1. The van der Waals surface area contributed by atoms with Crippen LogP contribution in [0.25, 0.3) is 0 Å². The van der Waals surface area contributed by atoms with Crippen LogP contribution in [0.1, 0.15) is 17.0 Å². The molecule has 2 aromatic rings. The molecule has 0 radical (unpaired) electrons. The number of nitrogens with one attached hydrogen (secondary N) is 1. The number of nitrogens with zero attached hydrogens (tertiary/aromatic N) is 2. The third kappa shape index (κ3) is 5.25. The van der Waals surface area contributed by atoms with Crippen molar-refractivity contribution in [2.45, 2.75) is 18.1 Å². The van der Waals surface area contributed by atoms with Crippen molar-refractivity contribution in [3.8, 4) is 0 Å². The molecule has 30 heavy (non-hydrogen) atoms. The molecule has 0 spiro atoms. The van der Waals surface area contributed by atoms with Crippen molar-refractivity contribution in [1.82, 2.24) is 10.2 Å². The van der Waals surface area contributed by atoms with Gasteiger partial charge in [0.15, 0.2) is 0 Å². The Hall–Kier alpha value is -1.84. The van der Waals surface area contributed by atoms with Crippen LogP contribution in [0.2, 0.25) is 0 Å². The highest BCUT2D eigenvalue weighted by molar-refractivity contribution is 9.10. The van der Waals surface area contributed by atoms with Gasteiger partial charge in [0.05, 0.1) is 11.6 Å². The van der Waals surface area contributed by atoms with E-state index in [1.54, 1.807) is 19.2 Å². The number of urea groups is 1. The van der Waals surface area contributed by atoms with E-state index in [1.807, 2.05) is 0 Å². The van der Waals surface area contributed by atoms with Gasteiger partial charge < -0.3 is 10.2 Å². The summed E-state index contributed by atoms with van der Waals surface area (Å²) in [7, 11) is 3.06. The first kappa shape index (κ1) is 24.4. The van der Waals surface area contributed by atoms with Gasteiger partial charge in [-0.15, -0.1) is 12.4 Å². The Morgan fingerprint density at radius 3 is 2.33 bits per heavy atom. The molecule has 2 amide bonds. The molecule has 3 rings (SSSR count). The summed E-state index contributed by atoms with van der Waals surface area (Å²) in [6.07, 6.45) is -4.52. The second kappa shape index (κ2) is 9.53. The minimum Gasteiger partial charge on any atom is -0.322 e. The van der Waals surface area contributed by atoms with Gasteiger partial charge in [-0.05, 0) is 35.9 Å². The molecular weight excluding hydrogens is 490 g/mol. The molecule has 0 aromatic heterocycles. The van der Waals surface area contributed by atoms with E-state index >= 15 is 0 Å². The second-order valence-electron chi connectivity index (χ2n) is 7.03. The van der Waals surface area contributed by atoms with E-state index in [4.69, 9.17) is 0 Å². The van der Waals surface area contributed by atoms with E-state index in [2.05, 4.69) is 21.2 Å². The summed E-state index contributed by atoms with van der Waals surface area (Å²) in [5, 5.41) is 3.23. The van der Waals surface area contributed by atoms with Gasteiger partial charge in [0.25, 0.3) is 0 Å². The first-order valence-electron chi connectivity index (χ1n) is 8.92. The highest BCUT2D eigenvalue weighted by Gasteiger charge is 2.36. The Balaban J connectivity index is 0.00000320. The number of carbonyl (C=O) groups excluding carboxylic acids is 1. The Bertz CT molecular complexity index is 895. The number of hydrogen-bond acceptors (Lipinski definition) is 2. The minimum atomic E-state index is -4.52. The largest absolute Gasteiger partial charge is 0.416 e. The van der Waals surface area contributed by atoms with Gasteiger partial charge >= 0.3 is 12.2 Å². The average molecular weight is 511 g/mol. The maximum atomic E-state index is 13.2. The molecule has 1 aliphatic heterocycles. The zero-order chi connectivity index (χ0) is 21.3. The maximum absolute atomic E-state index is 13.2. The van der Waals surface area contributed by atoms with Crippen LogP contribution < -0.4 is 10.2 Å². The molecule has 0 aliphatic carbocycles. The van der Waals surface area contributed by atoms with Crippen LogP contribution >= 0.6 is 28.3 Å². The maximum Gasteiger partial charge on any atom is 0.416 e. The van der Waals surface area contributed by atoms with E-state index in [9.17, 15) is 22.4 Å². The fraction of sp³-hybridized carbons (Fsp3) is 0.350. The Morgan fingerprint density at radius 1 is 1.10 bits per heavy atom. The van der Waals surface area contributed by atoms with Gasteiger partial charge in [-0.1, -0.05) is 28.1 Å². The normalized spacial score (nSPS) is 18.6. The minimum absolute atomic E-state index is 0. The zero-order valence-corrected chi connectivity index (χ0v) is 18.6. The van der Waals surface area contributed by atoms with Crippen LogP contribution in [0.15, 0.2) is 46.9 Å². The lowest BCUT2D eigenvalue weighted by atomic mass is 9.93. The lowest BCUT2D eigenvalue weighted by Gasteiger charge is -2.33. The van der Waals surface area contributed by atoms with Crippen LogP contribution in [0.5, 0.6) is 0 Å². The number of amides is 2. The molecule has 0 unspecified atom stereocenters. The van der Waals surface area contributed by atoms with E-state index in [0.29, 0.717) is 13.1 Å². The molecule has 1 heterocycles. The highest BCUT2D eigenvalue weighted by atomic mass is 79.9. The molecule has 1 aliphatic rings. The first-order valence-corrected chi connectivity index (χ1v) is 9.71. The molecule has 4 nitrogen and oxygen atoms in total. The third-order valence-corrected chi connectivity index (χ3v) is 5.62. The molecule has 2 aromatic carbocycles. The summed E-state index contributed by atoms with van der Waals surface area (Å²) >= 11 is 3.08. The zero-order valence-electron chi connectivity index (χ0n) is 16.2. The predicted octanol–water partition coefficient (Wildman–Crippen LogP) is 5.27. The number of likely N-dealkylation sites (N-methyl/N-ethyl adjacent to an activating group) is 1. The molecule has 0 saturated carbocycles. The molecule has 2 atom stereocenters. The van der Waals surface area contributed by atoms with E-state index in [0.717, 1.165) is 17.7 Å². The smallest absolute Gasteiger partial charge is 0.322 e. The van der Waals surface area contributed by atoms with E-state index < -0.39 is 17.8 Å². The monoisotopic (exact) mass is 509 g/mol. The summed E-state index contributed by atoms with van der Waals surface area (Å²) in [6, 6.07) is 8.85. The molecular formula is C20H21BrClF4N3O. The summed E-state index contributed by atoms with van der Waals surface area (Å²) in [5.41, 5.74) is 0.189. The highest BCUT2D eigenvalue weighted by Crippen LogP contribution is 2.35. The van der Waals surface area contributed by atoms with Crippen LogP contribution in [0, 0.1) is 5.82 Å².